The van der Waals surface area contributed by atoms with Crippen molar-refractivity contribution in [3.63, 3.8) is 0 Å². The van der Waals surface area contributed by atoms with Crippen LogP contribution in [0.25, 0.3) is 0 Å². The van der Waals surface area contributed by atoms with E-state index >= 15 is 0 Å². The van der Waals surface area contributed by atoms with Gasteiger partial charge in [0.15, 0.2) is 0 Å². The van der Waals surface area contributed by atoms with E-state index in [1.807, 2.05) is 34.3 Å². The van der Waals surface area contributed by atoms with Crippen LogP contribution < -0.4 is 10.3 Å². The van der Waals surface area contributed by atoms with Crippen molar-refractivity contribution in [1.29, 1.82) is 0 Å². The number of aromatic nitrogens is 1. The summed E-state index contributed by atoms with van der Waals surface area (Å²) in [7, 11) is 0. The number of carbonyl (C=O) groups is 1. The highest BCUT2D eigenvalue weighted by molar-refractivity contribution is 9.07. The monoisotopic (exact) mass is 379 g/mol. The van der Waals surface area contributed by atoms with Crippen molar-refractivity contribution < 1.29 is 4.79 Å². The number of likely N-dealkylation sites (tertiary alicyclic amines) is 1. The third-order valence-electron chi connectivity index (χ3n) is 4.00. The Hall–Kier alpha value is -1.44. The summed E-state index contributed by atoms with van der Waals surface area (Å²) < 4.78 is 1.91. The Morgan fingerprint density at radius 2 is 2.17 bits per heavy atom. The normalized spacial score (nSPS) is 20.6. The molecule has 3 rings (SSSR count). The fourth-order valence-corrected chi connectivity index (χ4v) is 3.54. The van der Waals surface area contributed by atoms with Gasteiger partial charge in [0.1, 0.15) is 0 Å². The molecule has 7 heteroatoms. The molecule has 3 heterocycles. The first-order valence-corrected chi connectivity index (χ1v) is 8.43. The highest BCUT2D eigenvalue weighted by atomic mass is 79.9. The van der Waals surface area contributed by atoms with E-state index in [4.69, 9.17) is 0 Å². The summed E-state index contributed by atoms with van der Waals surface area (Å²) in [5.74, 6) is 0.00441. The summed E-state index contributed by atoms with van der Waals surface area (Å²) in [4.78, 5) is 18.7. The van der Waals surface area contributed by atoms with Crippen LogP contribution in [0.4, 0.5) is 11.4 Å². The smallest absolute Gasteiger partial charge is 0.238 e. The number of halogens is 1. The first-order valence-electron chi connectivity index (χ1n) is 7.72. The molecule has 124 valence electrons. The molecule has 0 atom stereocenters. The molecule has 1 aromatic heterocycles. The maximum atomic E-state index is 12.2. The molecule has 0 aliphatic carbocycles. The third kappa shape index (κ3) is 3.73. The van der Waals surface area contributed by atoms with Crippen LogP contribution in [0.15, 0.2) is 24.5 Å². The van der Waals surface area contributed by atoms with Crippen LogP contribution >= 0.6 is 16.1 Å². The van der Waals surface area contributed by atoms with E-state index in [-0.39, 0.29) is 5.91 Å². The minimum absolute atomic E-state index is 0.00441. The van der Waals surface area contributed by atoms with E-state index in [1.54, 1.807) is 6.20 Å². The third-order valence-corrected chi connectivity index (χ3v) is 4.63. The van der Waals surface area contributed by atoms with Crippen molar-refractivity contribution in [3.05, 3.63) is 30.2 Å². The molecule has 1 saturated heterocycles. The number of pyridine rings is 1. The van der Waals surface area contributed by atoms with Crippen molar-refractivity contribution in [2.75, 3.05) is 36.5 Å². The predicted molar refractivity (Wildman–Crippen MR) is 95.1 cm³/mol. The Morgan fingerprint density at radius 1 is 1.43 bits per heavy atom. The summed E-state index contributed by atoms with van der Waals surface area (Å²) >= 11 is 3.49. The fraction of sp³-hybridized carbons (Fsp3) is 0.500. The van der Waals surface area contributed by atoms with Crippen LogP contribution in [-0.2, 0) is 4.79 Å². The molecule has 0 bridgehead atoms. The largest absolute Gasteiger partial charge is 0.324 e. The van der Waals surface area contributed by atoms with Gasteiger partial charge in [-0.05, 0) is 24.5 Å². The molecule has 0 spiro atoms. The minimum atomic E-state index is 0.00441. The van der Waals surface area contributed by atoms with Gasteiger partial charge in [0.2, 0.25) is 5.91 Å². The molecule has 1 aromatic rings. The molecule has 0 radical (unpaired) electrons. The molecule has 23 heavy (non-hydrogen) atoms. The molecule has 2 aliphatic heterocycles. The number of aryl methyl sites for hydroxylation is 1. The van der Waals surface area contributed by atoms with Gasteiger partial charge in [0.25, 0.3) is 0 Å². The average Bonchev–Trinajstić information content (AvgIpc) is 2.85. The highest BCUT2D eigenvalue weighted by Crippen LogP contribution is 2.29. The Labute approximate surface area is 145 Å². The first-order chi connectivity index (χ1) is 10.8. The topological polar surface area (TPSA) is 51.7 Å². The average molecular weight is 380 g/mol. The lowest BCUT2D eigenvalue weighted by atomic mass is 9.84. The van der Waals surface area contributed by atoms with E-state index in [9.17, 15) is 4.79 Å². The molecular formula is C16H22BrN5O. The first kappa shape index (κ1) is 16.4. The van der Waals surface area contributed by atoms with E-state index in [1.165, 1.54) is 0 Å². The van der Waals surface area contributed by atoms with Gasteiger partial charge >= 0.3 is 0 Å². The van der Waals surface area contributed by atoms with Gasteiger partial charge in [-0.1, -0.05) is 13.8 Å². The van der Waals surface area contributed by atoms with Crippen molar-refractivity contribution in [2.45, 2.75) is 20.8 Å². The predicted octanol–water partition coefficient (Wildman–Crippen LogP) is 2.53. The van der Waals surface area contributed by atoms with Gasteiger partial charge in [0.05, 0.1) is 36.4 Å². The summed E-state index contributed by atoms with van der Waals surface area (Å²) in [6.45, 7) is 9.54. The number of anilines is 2. The Kier molecular flexibility index (Phi) is 4.44. The molecule has 0 unspecified atom stereocenters. The Morgan fingerprint density at radius 3 is 2.78 bits per heavy atom. The minimum Gasteiger partial charge on any atom is -0.324 e. The SMILES string of the molecule is Cc1ncc(NC(=O)CN2CC(C)(C)C2)cc1N1C=CCN1Br. The van der Waals surface area contributed by atoms with Crippen LogP contribution in [0.2, 0.25) is 0 Å². The summed E-state index contributed by atoms with van der Waals surface area (Å²) in [6.07, 6.45) is 5.73. The van der Waals surface area contributed by atoms with Crippen molar-refractivity contribution in [2.24, 2.45) is 5.41 Å². The van der Waals surface area contributed by atoms with Gasteiger partial charge in [-0.15, -0.1) is 4.03 Å². The molecule has 1 fully saturated rings. The highest BCUT2D eigenvalue weighted by Gasteiger charge is 2.34. The standard InChI is InChI=1S/C16H22BrN5O/c1-12-14(21-5-4-6-22(21)17)7-13(8-18-12)19-15(23)9-20-10-16(2,3)11-20/h4-5,7-8H,6,9-11H2,1-3H3,(H,19,23). The number of amides is 1. The quantitative estimate of drug-likeness (QED) is 0.814. The van der Waals surface area contributed by atoms with Crippen LogP contribution in [0.5, 0.6) is 0 Å². The molecule has 1 amide bonds. The second-order valence-corrected chi connectivity index (χ2v) is 7.75. The fourth-order valence-electron chi connectivity index (χ4n) is 3.09. The van der Waals surface area contributed by atoms with Gasteiger partial charge in [-0.2, -0.15) is 0 Å². The van der Waals surface area contributed by atoms with Crippen LogP contribution in [0.3, 0.4) is 0 Å². The number of nitrogens with one attached hydrogen (secondary N) is 1. The van der Waals surface area contributed by atoms with E-state index in [2.05, 4.69) is 45.2 Å². The van der Waals surface area contributed by atoms with E-state index in [0.717, 1.165) is 36.7 Å². The van der Waals surface area contributed by atoms with Crippen molar-refractivity contribution in [1.82, 2.24) is 13.9 Å². The van der Waals surface area contributed by atoms with Crippen molar-refractivity contribution in [3.8, 4) is 0 Å². The van der Waals surface area contributed by atoms with Gasteiger partial charge in [0, 0.05) is 35.4 Å². The molecule has 0 saturated carbocycles. The van der Waals surface area contributed by atoms with Crippen LogP contribution in [0.1, 0.15) is 19.5 Å². The Balaban J connectivity index is 1.64. The zero-order valence-electron chi connectivity index (χ0n) is 13.7. The summed E-state index contributed by atoms with van der Waals surface area (Å²) in [6, 6.07) is 1.95. The van der Waals surface area contributed by atoms with Gasteiger partial charge in [-0.3, -0.25) is 19.7 Å². The molecule has 2 aliphatic rings. The zero-order valence-corrected chi connectivity index (χ0v) is 15.3. The number of hydrogen-bond donors (Lipinski definition) is 1. The zero-order chi connectivity index (χ0) is 16.6. The number of carbonyl (C=O) groups excluding carboxylic acids is 1. The summed E-state index contributed by atoms with van der Waals surface area (Å²) in [5, 5.41) is 4.91. The van der Waals surface area contributed by atoms with Gasteiger partial charge in [-0.25, -0.2) is 0 Å². The number of nitrogens with zero attached hydrogens (tertiary/aromatic N) is 4. The second kappa shape index (κ2) is 6.22. The van der Waals surface area contributed by atoms with Crippen molar-refractivity contribution >= 4 is 33.4 Å². The molecule has 1 N–H and O–H groups in total. The maximum absolute atomic E-state index is 12.2. The lowest BCUT2D eigenvalue weighted by Crippen LogP contribution is -2.54. The maximum Gasteiger partial charge on any atom is 0.238 e. The Bertz CT molecular complexity index is 637. The number of hydrogen-bond acceptors (Lipinski definition) is 5. The molecule has 6 nitrogen and oxygen atoms in total. The lowest BCUT2D eigenvalue weighted by Gasteiger charge is -2.45. The molecular weight excluding hydrogens is 358 g/mol. The van der Waals surface area contributed by atoms with Gasteiger partial charge < -0.3 is 5.32 Å². The van der Waals surface area contributed by atoms with Crippen LogP contribution in [0, 0.1) is 12.3 Å². The number of hydrazine groups is 1. The number of rotatable bonds is 4. The second-order valence-electron chi connectivity index (χ2n) is 6.93. The molecule has 0 aromatic carbocycles. The van der Waals surface area contributed by atoms with Crippen LogP contribution in [-0.4, -0.2) is 46.0 Å². The lowest BCUT2D eigenvalue weighted by molar-refractivity contribution is -0.120. The summed E-state index contributed by atoms with van der Waals surface area (Å²) in [5.41, 5.74) is 2.90. The van der Waals surface area contributed by atoms with E-state index in [0.29, 0.717) is 12.0 Å². The van der Waals surface area contributed by atoms with E-state index < -0.39 is 0 Å².